The zero-order valence-electron chi connectivity index (χ0n) is 12.8. The largest absolute Gasteiger partial charge is 0.380 e. The molecule has 1 N–H and O–H groups in total. The molecule has 0 spiro atoms. The van der Waals surface area contributed by atoms with E-state index in [0.29, 0.717) is 18.0 Å². The maximum absolute atomic E-state index is 5.61. The first kappa shape index (κ1) is 16.0. The molecule has 0 saturated heterocycles. The normalized spacial score (nSPS) is 19.9. The van der Waals surface area contributed by atoms with Gasteiger partial charge in [0.1, 0.15) is 0 Å². The Morgan fingerprint density at radius 2 is 2.15 bits per heavy atom. The Morgan fingerprint density at radius 3 is 2.85 bits per heavy atom. The molecule has 2 rings (SSSR count). The van der Waals surface area contributed by atoms with Crippen molar-refractivity contribution in [3.05, 3.63) is 33.8 Å². The van der Waals surface area contributed by atoms with E-state index in [1.165, 1.54) is 28.4 Å². The number of halogens is 1. The van der Waals surface area contributed by atoms with Crippen LogP contribution in [0.4, 0.5) is 0 Å². The highest BCUT2D eigenvalue weighted by molar-refractivity contribution is 9.10. The fraction of sp³-hybridized carbons (Fsp3) is 0.647. The van der Waals surface area contributed by atoms with Crippen molar-refractivity contribution in [2.45, 2.75) is 52.1 Å². The number of nitrogens with one attached hydrogen (secondary N) is 1. The Morgan fingerprint density at radius 1 is 1.35 bits per heavy atom. The van der Waals surface area contributed by atoms with E-state index in [1.807, 2.05) is 0 Å². The predicted molar refractivity (Wildman–Crippen MR) is 88.2 cm³/mol. The smallest absolute Gasteiger partial charge is 0.0622 e. The lowest BCUT2D eigenvalue weighted by atomic mass is 9.87. The van der Waals surface area contributed by atoms with Crippen LogP contribution in [0.25, 0.3) is 0 Å². The molecule has 2 nitrogen and oxygen atoms in total. The Hall–Kier alpha value is -0.380. The third kappa shape index (κ3) is 4.31. The van der Waals surface area contributed by atoms with Gasteiger partial charge in [0.05, 0.1) is 6.61 Å². The summed E-state index contributed by atoms with van der Waals surface area (Å²) in [7, 11) is 0. The molecule has 1 aliphatic rings. The maximum atomic E-state index is 5.61. The summed E-state index contributed by atoms with van der Waals surface area (Å²) in [4.78, 5) is 0. The van der Waals surface area contributed by atoms with Crippen molar-refractivity contribution in [1.82, 2.24) is 5.32 Å². The van der Waals surface area contributed by atoms with Crippen molar-refractivity contribution in [2.24, 2.45) is 5.92 Å². The molecule has 0 heterocycles. The van der Waals surface area contributed by atoms with Gasteiger partial charge in [0.15, 0.2) is 0 Å². The fourth-order valence-corrected chi connectivity index (χ4v) is 3.25. The maximum Gasteiger partial charge on any atom is 0.0622 e. The molecule has 0 fully saturated rings. The van der Waals surface area contributed by atoms with Crippen LogP contribution in [0.1, 0.15) is 38.3 Å². The standard InChI is InChI=1S/C17H26BrNO/c1-4-20-11-17(12(2)3)19-16-8-6-13-9-15(18)7-5-14(13)10-16/h5,7,9,12,16-17,19H,4,6,8,10-11H2,1-3H3. The molecule has 1 aromatic carbocycles. The molecule has 1 aliphatic carbocycles. The number of benzene rings is 1. The van der Waals surface area contributed by atoms with Crippen molar-refractivity contribution in [3.8, 4) is 0 Å². The second-order valence-electron chi connectivity index (χ2n) is 6.03. The molecule has 0 radical (unpaired) electrons. The SMILES string of the molecule is CCOCC(NC1CCc2cc(Br)ccc2C1)C(C)C. The summed E-state index contributed by atoms with van der Waals surface area (Å²) in [5.41, 5.74) is 3.00. The van der Waals surface area contributed by atoms with E-state index >= 15 is 0 Å². The molecule has 112 valence electrons. The van der Waals surface area contributed by atoms with Gasteiger partial charge in [-0.2, -0.15) is 0 Å². The van der Waals surface area contributed by atoms with Gasteiger partial charge in [0.2, 0.25) is 0 Å². The van der Waals surface area contributed by atoms with Crippen LogP contribution in [-0.2, 0) is 17.6 Å². The first-order chi connectivity index (χ1) is 9.60. The topological polar surface area (TPSA) is 21.3 Å². The van der Waals surface area contributed by atoms with Crippen LogP contribution in [0.15, 0.2) is 22.7 Å². The molecular weight excluding hydrogens is 314 g/mol. The Labute approximate surface area is 131 Å². The zero-order valence-corrected chi connectivity index (χ0v) is 14.4. The number of hydrogen-bond donors (Lipinski definition) is 1. The van der Waals surface area contributed by atoms with Crippen LogP contribution in [-0.4, -0.2) is 25.3 Å². The van der Waals surface area contributed by atoms with Gasteiger partial charge in [-0.15, -0.1) is 0 Å². The van der Waals surface area contributed by atoms with E-state index in [-0.39, 0.29) is 0 Å². The highest BCUT2D eigenvalue weighted by Crippen LogP contribution is 2.25. The highest BCUT2D eigenvalue weighted by Gasteiger charge is 2.23. The number of aryl methyl sites for hydroxylation is 1. The average molecular weight is 340 g/mol. The fourth-order valence-electron chi connectivity index (χ4n) is 2.85. The van der Waals surface area contributed by atoms with Gasteiger partial charge in [0, 0.05) is 23.2 Å². The summed E-state index contributed by atoms with van der Waals surface area (Å²) in [6.07, 6.45) is 3.53. The van der Waals surface area contributed by atoms with Crippen LogP contribution in [0, 0.1) is 5.92 Å². The van der Waals surface area contributed by atoms with Crippen molar-refractivity contribution in [1.29, 1.82) is 0 Å². The second kappa shape index (κ2) is 7.58. The van der Waals surface area contributed by atoms with E-state index in [0.717, 1.165) is 19.6 Å². The highest BCUT2D eigenvalue weighted by atomic mass is 79.9. The molecule has 2 atom stereocenters. The lowest BCUT2D eigenvalue weighted by molar-refractivity contribution is 0.102. The third-order valence-electron chi connectivity index (χ3n) is 4.15. The van der Waals surface area contributed by atoms with E-state index < -0.39 is 0 Å². The summed E-state index contributed by atoms with van der Waals surface area (Å²) in [5, 5.41) is 3.81. The van der Waals surface area contributed by atoms with Crippen LogP contribution in [0.3, 0.4) is 0 Å². The molecule has 0 aromatic heterocycles. The van der Waals surface area contributed by atoms with E-state index in [9.17, 15) is 0 Å². The van der Waals surface area contributed by atoms with Gasteiger partial charge in [-0.3, -0.25) is 0 Å². The van der Waals surface area contributed by atoms with Crippen LogP contribution >= 0.6 is 15.9 Å². The molecule has 3 heteroatoms. The molecule has 1 aromatic rings. The van der Waals surface area contributed by atoms with Crippen molar-refractivity contribution in [2.75, 3.05) is 13.2 Å². The zero-order chi connectivity index (χ0) is 14.5. The number of rotatable bonds is 6. The van der Waals surface area contributed by atoms with Crippen LogP contribution in [0.2, 0.25) is 0 Å². The van der Waals surface area contributed by atoms with Crippen LogP contribution in [0.5, 0.6) is 0 Å². The first-order valence-electron chi connectivity index (χ1n) is 7.71. The Kier molecular flexibility index (Phi) is 6.06. The summed E-state index contributed by atoms with van der Waals surface area (Å²) >= 11 is 3.56. The third-order valence-corrected chi connectivity index (χ3v) is 4.65. The number of ether oxygens (including phenoxy) is 1. The average Bonchev–Trinajstić information content (AvgIpc) is 2.43. The minimum absolute atomic E-state index is 0.456. The monoisotopic (exact) mass is 339 g/mol. The lowest BCUT2D eigenvalue weighted by Crippen LogP contribution is -2.46. The molecule has 0 saturated carbocycles. The van der Waals surface area contributed by atoms with Gasteiger partial charge in [-0.25, -0.2) is 0 Å². The molecule has 20 heavy (non-hydrogen) atoms. The van der Waals surface area contributed by atoms with Crippen molar-refractivity contribution in [3.63, 3.8) is 0 Å². The molecule has 0 amide bonds. The van der Waals surface area contributed by atoms with Gasteiger partial charge in [-0.1, -0.05) is 35.8 Å². The van der Waals surface area contributed by atoms with Gasteiger partial charge in [0.25, 0.3) is 0 Å². The molecule has 0 aliphatic heterocycles. The van der Waals surface area contributed by atoms with Gasteiger partial charge < -0.3 is 10.1 Å². The Balaban J connectivity index is 1.96. The Bertz CT molecular complexity index is 433. The second-order valence-corrected chi connectivity index (χ2v) is 6.95. The minimum Gasteiger partial charge on any atom is -0.380 e. The molecule has 2 unspecified atom stereocenters. The summed E-state index contributed by atoms with van der Waals surface area (Å²) in [5.74, 6) is 0.605. The first-order valence-corrected chi connectivity index (χ1v) is 8.50. The summed E-state index contributed by atoms with van der Waals surface area (Å²) in [6, 6.07) is 7.72. The van der Waals surface area contributed by atoms with E-state index in [2.05, 4.69) is 60.2 Å². The van der Waals surface area contributed by atoms with Gasteiger partial charge >= 0.3 is 0 Å². The quantitative estimate of drug-likeness (QED) is 0.846. The lowest BCUT2D eigenvalue weighted by Gasteiger charge is -2.31. The van der Waals surface area contributed by atoms with Crippen molar-refractivity contribution < 1.29 is 4.74 Å². The summed E-state index contributed by atoms with van der Waals surface area (Å²) < 4.78 is 6.81. The molecular formula is C17H26BrNO. The number of hydrogen-bond acceptors (Lipinski definition) is 2. The minimum atomic E-state index is 0.456. The van der Waals surface area contributed by atoms with Gasteiger partial charge in [-0.05, 0) is 55.4 Å². The van der Waals surface area contributed by atoms with Crippen LogP contribution < -0.4 is 5.32 Å². The van der Waals surface area contributed by atoms with Crippen molar-refractivity contribution >= 4 is 15.9 Å². The van der Waals surface area contributed by atoms with E-state index in [1.54, 1.807) is 0 Å². The predicted octanol–water partition coefficient (Wildman–Crippen LogP) is 3.96. The molecule has 0 bridgehead atoms. The van der Waals surface area contributed by atoms with E-state index in [4.69, 9.17) is 4.74 Å². The summed E-state index contributed by atoms with van der Waals surface area (Å²) in [6.45, 7) is 8.21. The number of fused-ring (bicyclic) bond motifs is 1.